The highest BCUT2D eigenvalue weighted by Gasteiger charge is 2.11. The van der Waals surface area contributed by atoms with Crippen molar-refractivity contribution in [3.8, 4) is 0 Å². The molecule has 110 valence electrons. The number of nitrogens with one attached hydrogen (secondary N) is 2. The molecule has 0 saturated carbocycles. The van der Waals surface area contributed by atoms with Gasteiger partial charge in [0.05, 0.1) is 11.8 Å². The lowest BCUT2D eigenvalue weighted by Gasteiger charge is -2.07. The molecule has 0 saturated heterocycles. The van der Waals surface area contributed by atoms with Crippen molar-refractivity contribution in [1.29, 1.82) is 0 Å². The maximum absolute atomic E-state index is 12.9. The SMILES string of the molecule is O=C(NCCNC(=O)c1ccc(F)cc1Br)c1ccco1. The predicted molar refractivity (Wildman–Crippen MR) is 77.5 cm³/mol. The summed E-state index contributed by atoms with van der Waals surface area (Å²) >= 11 is 3.12. The molecule has 0 aliphatic rings. The van der Waals surface area contributed by atoms with Crippen LogP contribution in [-0.2, 0) is 0 Å². The summed E-state index contributed by atoms with van der Waals surface area (Å²) in [6.07, 6.45) is 1.41. The first-order chi connectivity index (χ1) is 10.1. The highest BCUT2D eigenvalue weighted by Crippen LogP contribution is 2.17. The minimum absolute atomic E-state index is 0.211. The Balaban J connectivity index is 1.78. The van der Waals surface area contributed by atoms with Gasteiger partial charge in [0, 0.05) is 17.6 Å². The number of hydrogen-bond acceptors (Lipinski definition) is 3. The quantitative estimate of drug-likeness (QED) is 0.809. The standard InChI is InChI=1S/C14H12BrFN2O3/c15-11-8-9(16)3-4-10(11)13(19)17-5-6-18-14(20)12-2-1-7-21-12/h1-4,7-8H,5-6H2,(H,17,19)(H,18,20). The molecule has 0 atom stereocenters. The molecule has 2 amide bonds. The van der Waals surface area contributed by atoms with Gasteiger partial charge < -0.3 is 15.1 Å². The molecule has 5 nitrogen and oxygen atoms in total. The molecule has 1 aromatic heterocycles. The second kappa shape index (κ2) is 7.03. The molecular weight excluding hydrogens is 343 g/mol. The molecule has 0 fully saturated rings. The summed E-state index contributed by atoms with van der Waals surface area (Å²) in [6.45, 7) is 0.499. The zero-order valence-corrected chi connectivity index (χ0v) is 12.4. The maximum Gasteiger partial charge on any atom is 0.287 e. The van der Waals surface area contributed by atoms with E-state index in [1.165, 1.54) is 24.5 Å². The average molecular weight is 355 g/mol. The summed E-state index contributed by atoms with van der Waals surface area (Å²) in [7, 11) is 0. The van der Waals surface area contributed by atoms with E-state index in [2.05, 4.69) is 26.6 Å². The van der Waals surface area contributed by atoms with Gasteiger partial charge in [-0.2, -0.15) is 0 Å². The smallest absolute Gasteiger partial charge is 0.287 e. The number of hydrogen-bond donors (Lipinski definition) is 2. The summed E-state index contributed by atoms with van der Waals surface area (Å²) in [6, 6.07) is 6.97. The Morgan fingerprint density at radius 2 is 1.86 bits per heavy atom. The fourth-order valence-electron chi connectivity index (χ4n) is 1.62. The molecule has 2 N–H and O–H groups in total. The van der Waals surface area contributed by atoms with E-state index < -0.39 is 5.82 Å². The topological polar surface area (TPSA) is 71.3 Å². The summed E-state index contributed by atoms with van der Waals surface area (Å²) in [4.78, 5) is 23.4. The van der Waals surface area contributed by atoms with Crippen LogP contribution in [0.1, 0.15) is 20.9 Å². The van der Waals surface area contributed by atoms with E-state index >= 15 is 0 Å². The van der Waals surface area contributed by atoms with E-state index in [1.54, 1.807) is 12.1 Å². The van der Waals surface area contributed by atoms with Crippen LogP contribution >= 0.6 is 15.9 Å². The number of amides is 2. The zero-order valence-electron chi connectivity index (χ0n) is 10.9. The van der Waals surface area contributed by atoms with Crippen LogP contribution in [0.2, 0.25) is 0 Å². The minimum Gasteiger partial charge on any atom is -0.459 e. The minimum atomic E-state index is -0.427. The number of furan rings is 1. The van der Waals surface area contributed by atoms with Crippen LogP contribution in [0.5, 0.6) is 0 Å². The highest BCUT2D eigenvalue weighted by atomic mass is 79.9. The first-order valence-electron chi connectivity index (χ1n) is 6.13. The third-order valence-corrected chi connectivity index (χ3v) is 3.27. The molecule has 2 rings (SSSR count). The number of carbonyl (C=O) groups excluding carboxylic acids is 2. The normalized spacial score (nSPS) is 10.2. The van der Waals surface area contributed by atoms with Crippen molar-refractivity contribution in [1.82, 2.24) is 10.6 Å². The Labute approximate surface area is 128 Å². The van der Waals surface area contributed by atoms with Crippen molar-refractivity contribution < 1.29 is 18.4 Å². The first-order valence-corrected chi connectivity index (χ1v) is 6.92. The summed E-state index contributed by atoms with van der Waals surface area (Å²) in [5, 5.41) is 5.22. The van der Waals surface area contributed by atoms with Gasteiger partial charge in [-0.1, -0.05) is 0 Å². The number of halogens is 2. The summed E-state index contributed by atoms with van der Waals surface area (Å²) < 4.78 is 18.2. The Kier molecular flexibility index (Phi) is 5.10. The van der Waals surface area contributed by atoms with Gasteiger partial charge in [-0.3, -0.25) is 9.59 Å². The van der Waals surface area contributed by atoms with Gasteiger partial charge in [-0.15, -0.1) is 0 Å². The van der Waals surface area contributed by atoms with Crippen molar-refractivity contribution >= 4 is 27.7 Å². The Bertz CT molecular complexity index is 644. The zero-order chi connectivity index (χ0) is 15.2. The molecule has 7 heteroatoms. The van der Waals surface area contributed by atoms with E-state index in [4.69, 9.17) is 4.42 Å². The molecule has 0 aliphatic heterocycles. The fourth-order valence-corrected chi connectivity index (χ4v) is 2.15. The van der Waals surface area contributed by atoms with Crippen LogP contribution in [0.15, 0.2) is 45.5 Å². The van der Waals surface area contributed by atoms with Crippen molar-refractivity contribution in [2.45, 2.75) is 0 Å². The lowest BCUT2D eigenvalue weighted by molar-refractivity contribution is 0.0910. The summed E-state index contributed by atoms with van der Waals surface area (Å²) in [5.74, 6) is -0.918. The van der Waals surface area contributed by atoms with Gasteiger partial charge in [0.1, 0.15) is 5.82 Å². The van der Waals surface area contributed by atoms with Crippen molar-refractivity contribution in [3.63, 3.8) is 0 Å². The molecule has 0 bridgehead atoms. The van der Waals surface area contributed by atoms with Crippen LogP contribution in [0, 0.1) is 5.82 Å². The molecule has 0 unspecified atom stereocenters. The van der Waals surface area contributed by atoms with Crippen molar-refractivity contribution in [2.24, 2.45) is 0 Å². The molecule has 0 aliphatic carbocycles. The van der Waals surface area contributed by atoms with E-state index in [1.807, 2.05) is 0 Å². The van der Waals surface area contributed by atoms with Crippen LogP contribution in [0.4, 0.5) is 4.39 Å². The number of carbonyl (C=O) groups is 2. The van der Waals surface area contributed by atoms with Gasteiger partial charge in [-0.25, -0.2) is 4.39 Å². The maximum atomic E-state index is 12.9. The van der Waals surface area contributed by atoms with Gasteiger partial charge in [0.2, 0.25) is 0 Å². The fraction of sp³-hybridized carbons (Fsp3) is 0.143. The largest absolute Gasteiger partial charge is 0.459 e. The Hall–Kier alpha value is -2.15. The van der Waals surface area contributed by atoms with E-state index in [-0.39, 0.29) is 30.7 Å². The lowest BCUT2D eigenvalue weighted by atomic mass is 10.2. The van der Waals surface area contributed by atoms with Gasteiger partial charge in [0.15, 0.2) is 5.76 Å². The molecule has 0 radical (unpaired) electrons. The third kappa shape index (κ3) is 4.16. The van der Waals surface area contributed by atoms with Crippen LogP contribution in [-0.4, -0.2) is 24.9 Å². The van der Waals surface area contributed by atoms with Crippen LogP contribution in [0.3, 0.4) is 0 Å². The second-order valence-corrected chi connectivity index (χ2v) is 4.97. The van der Waals surface area contributed by atoms with Gasteiger partial charge >= 0.3 is 0 Å². The van der Waals surface area contributed by atoms with E-state index in [0.717, 1.165) is 0 Å². The monoisotopic (exact) mass is 354 g/mol. The average Bonchev–Trinajstić information content (AvgIpc) is 2.97. The number of benzene rings is 1. The van der Waals surface area contributed by atoms with Crippen LogP contribution in [0.25, 0.3) is 0 Å². The summed E-state index contributed by atoms with van der Waals surface area (Å²) in [5.41, 5.74) is 0.328. The third-order valence-electron chi connectivity index (χ3n) is 2.62. The first kappa shape index (κ1) is 15.2. The second-order valence-electron chi connectivity index (χ2n) is 4.11. The molecule has 2 aromatic rings. The molecule has 1 aromatic carbocycles. The van der Waals surface area contributed by atoms with E-state index in [0.29, 0.717) is 10.0 Å². The Morgan fingerprint density at radius 1 is 1.14 bits per heavy atom. The highest BCUT2D eigenvalue weighted by molar-refractivity contribution is 9.10. The number of rotatable bonds is 5. The Morgan fingerprint density at radius 3 is 2.48 bits per heavy atom. The van der Waals surface area contributed by atoms with Crippen molar-refractivity contribution in [2.75, 3.05) is 13.1 Å². The van der Waals surface area contributed by atoms with Crippen molar-refractivity contribution in [3.05, 3.63) is 58.2 Å². The van der Waals surface area contributed by atoms with Gasteiger partial charge in [0.25, 0.3) is 11.8 Å². The molecular formula is C14H12BrFN2O3. The van der Waals surface area contributed by atoms with E-state index in [9.17, 15) is 14.0 Å². The molecule has 0 spiro atoms. The predicted octanol–water partition coefficient (Wildman–Crippen LogP) is 2.34. The van der Waals surface area contributed by atoms with Crippen LogP contribution < -0.4 is 10.6 Å². The molecule has 21 heavy (non-hydrogen) atoms. The molecule has 1 heterocycles. The lowest BCUT2D eigenvalue weighted by Crippen LogP contribution is -2.34. The van der Waals surface area contributed by atoms with Gasteiger partial charge in [-0.05, 0) is 46.3 Å².